The number of hydrogen-bond donors (Lipinski definition) is 1. The highest BCUT2D eigenvalue weighted by atomic mass is 16.7. The summed E-state index contributed by atoms with van der Waals surface area (Å²) >= 11 is 0. The van der Waals surface area contributed by atoms with Crippen LogP contribution in [0, 0.1) is 6.92 Å². The third kappa shape index (κ3) is 1.97. The number of carbonyl (C=O) groups excluding carboxylic acids is 1. The summed E-state index contributed by atoms with van der Waals surface area (Å²) < 4.78 is 5.03. The Bertz CT molecular complexity index is 323. The number of benzene rings is 1. The van der Waals surface area contributed by atoms with Gasteiger partial charge in [0.05, 0.1) is 12.7 Å². The Morgan fingerprint density at radius 3 is 2.69 bits per heavy atom. The Kier molecular flexibility index (Phi) is 2.87. The molecule has 1 rings (SSSR count). The zero-order chi connectivity index (χ0) is 9.84. The van der Waals surface area contributed by atoms with Crippen molar-refractivity contribution in [3.63, 3.8) is 0 Å². The molecule has 0 atom stereocenters. The van der Waals surface area contributed by atoms with Crippen molar-refractivity contribution in [1.82, 2.24) is 0 Å². The lowest BCUT2D eigenvalue weighted by Crippen LogP contribution is -2.10. The highest BCUT2D eigenvalue weighted by Gasteiger charge is 2.08. The average molecular weight is 181 g/mol. The van der Waals surface area contributed by atoms with Crippen molar-refractivity contribution in [3.05, 3.63) is 29.3 Å². The number of carbonyl (C=O) groups is 1. The van der Waals surface area contributed by atoms with Crippen LogP contribution in [0.25, 0.3) is 0 Å². The van der Waals surface area contributed by atoms with E-state index in [1.54, 1.807) is 25.3 Å². The molecule has 0 fully saturated rings. The smallest absolute Gasteiger partial charge is 0.356 e. The molecule has 13 heavy (non-hydrogen) atoms. The Morgan fingerprint density at radius 1 is 1.46 bits per heavy atom. The van der Waals surface area contributed by atoms with Crippen LogP contribution in [-0.2, 0) is 4.84 Å². The molecule has 0 amide bonds. The third-order valence-corrected chi connectivity index (χ3v) is 1.75. The molecule has 0 radical (unpaired) electrons. The number of aryl methyl sites for hydroxylation is 1. The van der Waals surface area contributed by atoms with Gasteiger partial charge in [-0.25, -0.2) is 4.79 Å². The predicted octanol–water partition coefficient (Wildman–Crippen LogP) is 1.03. The molecule has 4 nitrogen and oxygen atoms in total. The fourth-order valence-electron chi connectivity index (χ4n) is 1.02. The third-order valence-electron chi connectivity index (χ3n) is 1.75. The minimum atomic E-state index is -0.571. The van der Waals surface area contributed by atoms with Crippen molar-refractivity contribution in [2.24, 2.45) is 5.90 Å². The molecule has 0 bridgehead atoms. The molecular weight excluding hydrogens is 170 g/mol. The number of hydrogen-bond acceptors (Lipinski definition) is 4. The number of methoxy groups -OCH3 is 1. The summed E-state index contributed by atoms with van der Waals surface area (Å²) in [5, 5.41) is 0. The second-order valence-corrected chi connectivity index (χ2v) is 2.59. The van der Waals surface area contributed by atoms with Crippen molar-refractivity contribution < 1.29 is 14.4 Å². The molecule has 0 saturated carbocycles. The zero-order valence-corrected chi connectivity index (χ0v) is 7.53. The normalized spacial score (nSPS) is 9.46. The first-order valence-corrected chi connectivity index (χ1v) is 3.74. The topological polar surface area (TPSA) is 61.5 Å². The van der Waals surface area contributed by atoms with Crippen LogP contribution in [0.2, 0.25) is 0 Å². The minimum absolute atomic E-state index is 0.380. The maximum atomic E-state index is 11.0. The van der Waals surface area contributed by atoms with Crippen LogP contribution in [0.3, 0.4) is 0 Å². The lowest BCUT2D eigenvalue weighted by molar-refractivity contribution is 0.0503. The molecule has 0 aromatic heterocycles. The quantitative estimate of drug-likeness (QED) is 0.692. The molecule has 0 aliphatic carbocycles. The van der Waals surface area contributed by atoms with E-state index in [2.05, 4.69) is 4.84 Å². The summed E-state index contributed by atoms with van der Waals surface area (Å²) in [6.45, 7) is 1.89. The van der Waals surface area contributed by atoms with Gasteiger partial charge in [-0.2, -0.15) is 5.90 Å². The molecule has 0 spiro atoms. The highest BCUT2D eigenvalue weighted by Crippen LogP contribution is 2.18. The Morgan fingerprint density at radius 2 is 2.15 bits per heavy atom. The fraction of sp³-hybridized carbons (Fsp3) is 0.222. The van der Waals surface area contributed by atoms with Crippen LogP contribution in [0.5, 0.6) is 5.75 Å². The standard InChI is InChI=1S/C9H11NO3/c1-6-3-4-7(9(11)13-10)5-8(6)12-2/h3-5H,10H2,1-2H3. The second-order valence-electron chi connectivity index (χ2n) is 2.59. The molecular formula is C9H11NO3. The van der Waals surface area contributed by atoms with Gasteiger partial charge >= 0.3 is 5.97 Å². The number of rotatable bonds is 2. The van der Waals surface area contributed by atoms with E-state index in [-0.39, 0.29) is 0 Å². The van der Waals surface area contributed by atoms with Crippen LogP contribution in [0.4, 0.5) is 0 Å². The molecule has 0 heterocycles. The van der Waals surface area contributed by atoms with E-state index in [0.29, 0.717) is 11.3 Å². The summed E-state index contributed by atoms with van der Waals surface area (Å²) in [4.78, 5) is 15.1. The second kappa shape index (κ2) is 3.91. The van der Waals surface area contributed by atoms with Gasteiger partial charge in [-0.15, -0.1) is 0 Å². The van der Waals surface area contributed by atoms with E-state index >= 15 is 0 Å². The van der Waals surface area contributed by atoms with Crippen molar-refractivity contribution in [1.29, 1.82) is 0 Å². The van der Waals surface area contributed by atoms with Crippen molar-refractivity contribution in [3.8, 4) is 5.75 Å². The fourth-order valence-corrected chi connectivity index (χ4v) is 1.02. The van der Waals surface area contributed by atoms with Gasteiger partial charge < -0.3 is 9.57 Å². The van der Waals surface area contributed by atoms with Crippen molar-refractivity contribution in [2.45, 2.75) is 6.92 Å². The molecule has 1 aromatic carbocycles. The van der Waals surface area contributed by atoms with Crippen LogP contribution in [0.15, 0.2) is 18.2 Å². The number of nitrogens with two attached hydrogens (primary N) is 1. The van der Waals surface area contributed by atoms with E-state index < -0.39 is 5.97 Å². The van der Waals surface area contributed by atoms with Gasteiger partial charge in [-0.05, 0) is 24.6 Å². The summed E-state index contributed by atoms with van der Waals surface area (Å²) in [6, 6.07) is 4.99. The maximum Gasteiger partial charge on any atom is 0.356 e. The summed E-state index contributed by atoms with van der Waals surface area (Å²) in [5.74, 6) is 4.81. The SMILES string of the molecule is COc1cc(C(=O)ON)ccc1C. The number of ether oxygens (including phenoxy) is 1. The summed E-state index contributed by atoms with van der Waals surface area (Å²) in [6.07, 6.45) is 0. The van der Waals surface area contributed by atoms with E-state index in [0.717, 1.165) is 5.56 Å². The van der Waals surface area contributed by atoms with E-state index in [9.17, 15) is 4.79 Å². The average Bonchev–Trinajstić information content (AvgIpc) is 2.17. The molecule has 70 valence electrons. The Balaban J connectivity index is 3.06. The van der Waals surface area contributed by atoms with E-state index in [1.807, 2.05) is 6.92 Å². The molecule has 0 aliphatic rings. The molecule has 4 heteroatoms. The lowest BCUT2D eigenvalue weighted by atomic mass is 10.1. The predicted molar refractivity (Wildman–Crippen MR) is 47.3 cm³/mol. The van der Waals surface area contributed by atoms with Gasteiger partial charge in [0.1, 0.15) is 5.75 Å². The molecule has 0 saturated heterocycles. The Labute approximate surface area is 76.2 Å². The van der Waals surface area contributed by atoms with Gasteiger partial charge in [0.2, 0.25) is 0 Å². The summed E-state index contributed by atoms with van der Waals surface area (Å²) in [5.41, 5.74) is 1.33. The van der Waals surface area contributed by atoms with Crippen LogP contribution >= 0.6 is 0 Å². The minimum Gasteiger partial charge on any atom is -0.496 e. The first-order chi connectivity index (χ1) is 6.19. The van der Waals surface area contributed by atoms with Gasteiger partial charge in [-0.3, -0.25) is 0 Å². The monoisotopic (exact) mass is 181 g/mol. The van der Waals surface area contributed by atoms with Gasteiger partial charge in [0.15, 0.2) is 0 Å². The first-order valence-electron chi connectivity index (χ1n) is 3.74. The van der Waals surface area contributed by atoms with Gasteiger partial charge in [0.25, 0.3) is 0 Å². The highest BCUT2D eigenvalue weighted by molar-refractivity contribution is 5.89. The van der Waals surface area contributed by atoms with Crippen LogP contribution in [-0.4, -0.2) is 13.1 Å². The maximum absolute atomic E-state index is 11.0. The van der Waals surface area contributed by atoms with Gasteiger partial charge in [-0.1, -0.05) is 6.07 Å². The van der Waals surface area contributed by atoms with Crippen LogP contribution in [0.1, 0.15) is 15.9 Å². The largest absolute Gasteiger partial charge is 0.496 e. The Hall–Kier alpha value is -1.55. The lowest BCUT2D eigenvalue weighted by Gasteiger charge is -2.05. The molecule has 0 unspecified atom stereocenters. The zero-order valence-electron chi connectivity index (χ0n) is 7.53. The van der Waals surface area contributed by atoms with E-state index in [1.165, 1.54) is 0 Å². The van der Waals surface area contributed by atoms with Crippen LogP contribution < -0.4 is 10.6 Å². The first kappa shape index (κ1) is 9.54. The van der Waals surface area contributed by atoms with Crippen molar-refractivity contribution >= 4 is 5.97 Å². The molecule has 0 aliphatic heterocycles. The van der Waals surface area contributed by atoms with Gasteiger partial charge in [0, 0.05) is 0 Å². The van der Waals surface area contributed by atoms with E-state index in [4.69, 9.17) is 10.6 Å². The van der Waals surface area contributed by atoms with Crippen molar-refractivity contribution in [2.75, 3.05) is 7.11 Å². The summed E-state index contributed by atoms with van der Waals surface area (Å²) in [7, 11) is 1.54. The molecule has 2 N–H and O–H groups in total. The molecule has 1 aromatic rings.